The van der Waals surface area contributed by atoms with Crippen LogP contribution in [0.25, 0.3) is 0 Å². The third kappa shape index (κ3) is 4.89. The summed E-state index contributed by atoms with van der Waals surface area (Å²) in [5, 5.41) is 0. The monoisotopic (exact) mass is 393 g/mol. The minimum absolute atomic E-state index is 0.0722. The van der Waals surface area contributed by atoms with Gasteiger partial charge < -0.3 is 4.90 Å². The molecule has 1 aromatic carbocycles. The fourth-order valence-electron chi connectivity index (χ4n) is 3.67. The van der Waals surface area contributed by atoms with Crippen LogP contribution in [0.15, 0.2) is 29.2 Å². The first-order valence-electron chi connectivity index (χ1n) is 10.00. The van der Waals surface area contributed by atoms with Gasteiger partial charge in [0, 0.05) is 44.8 Å². The third-order valence-corrected chi connectivity index (χ3v) is 7.36. The molecule has 0 aromatic heterocycles. The second-order valence-corrected chi connectivity index (χ2v) is 9.89. The smallest absolute Gasteiger partial charge is 0.253 e. The van der Waals surface area contributed by atoms with Crippen molar-refractivity contribution in [3.05, 3.63) is 29.8 Å². The first-order valence-corrected chi connectivity index (χ1v) is 11.4. The average Bonchev–Trinajstić information content (AvgIpc) is 3.22. The van der Waals surface area contributed by atoms with Gasteiger partial charge >= 0.3 is 0 Å². The molecule has 27 heavy (non-hydrogen) atoms. The predicted molar refractivity (Wildman–Crippen MR) is 106 cm³/mol. The molecule has 2 fully saturated rings. The molecular formula is C20H31N3O3S. The minimum Gasteiger partial charge on any atom is -0.336 e. The van der Waals surface area contributed by atoms with Gasteiger partial charge in [0.15, 0.2) is 0 Å². The summed E-state index contributed by atoms with van der Waals surface area (Å²) < 4.78 is 27.0. The van der Waals surface area contributed by atoms with E-state index in [9.17, 15) is 13.2 Å². The molecule has 150 valence electrons. The lowest BCUT2D eigenvalue weighted by molar-refractivity contribution is 0.0631. The van der Waals surface area contributed by atoms with Crippen LogP contribution in [-0.2, 0) is 10.0 Å². The van der Waals surface area contributed by atoms with E-state index in [1.807, 2.05) is 4.90 Å². The van der Waals surface area contributed by atoms with E-state index >= 15 is 0 Å². The van der Waals surface area contributed by atoms with E-state index in [2.05, 4.69) is 18.7 Å². The van der Waals surface area contributed by atoms with Crippen molar-refractivity contribution in [1.29, 1.82) is 0 Å². The van der Waals surface area contributed by atoms with Crippen molar-refractivity contribution in [2.45, 2.75) is 38.0 Å². The molecule has 0 bridgehead atoms. The SMILES string of the molecule is CC(C)CCN1CCN(C(=O)c2cccc(S(=O)(=O)N3CCCC3)c2)CC1. The Morgan fingerprint density at radius 2 is 1.70 bits per heavy atom. The highest BCUT2D eigenvalue weighted by Crippen LogP contribution is 2.22. The molecular weight excluding hydrogens is 362 g/mol. The molecule has 2 saturated heterocycles. The van der Waals surface area contributed by atoms with Crippen LogP contribution in [0.3, 0.4) is 0 Å². The van der Waals surface area contributed by atoms with Gasteiger partial charge in [0.1, 0.15) is 0 Å². The molecule has 6 nitrogen and oxygen atoms in total. The van der Waals surface area contributed by atoms with Crippen molar-refractivity contribution in [1.82, 2.24) is 14.1 Å². The van der Waals surface area contributed by atoms with Crippen LogP contribution in [0.4, 0.5) is 0 Å². The topological polar surface area (TPSA) is 60.9 Å². The maximum Gasteiger partial charge on any atom is 0.253 e. The highest BCUT2D eigenvalue weighted by atomic mass is 32.2. The lowest BCUT2D eigenvalue weighted by atomic mass is 10.1. The number of carbonyl (C=O) groups excluding carboxylic acids is 1. The molecule has 2 aliphatic heterocycles. The van der Waals surface area contributed by atoms with Crippen molar-refractivity contribution in [3.8, 4) is 0 Å². The van der Waals surface area contributed by atoms with E-state index in [1.165, 1.54) is 10.7 Å². The number of amides is 1. The van der Waals surface area contributed by atoms with Gasteiger partial charge in [0.05, 0.1) is 4.90 Å². The predicted octanol–water partition coefficient (Wildman–Crippen LogP) is 2.28. The summed E-state index contributed by atoms with van der Waals surface area (Å²) in [6.07, 6.45) is 2.97. The average molecular weight is 394 g/mol. The zero-order valence-electron chi connectivity index (χ0n) is 16.4. The Balaban J connectivity index is 1.64. The number of benzene rings is 1. The molecule has 0 aliphatic carbocycles. The van der Waals surface area contributed by atoms with Crippen molar-refractivity contribution in [2.24, 2.45) is 5.92 Å². The number of rotatable bonds is 6. The molecule has 7 heteroatoms. The highest BCUT2D eigenvalue weighted by molar-refractivity contribution is 7.89. The Morgan fingerprint density at radius 1 is 1.04 bits per heavy atom. The van der Waals surface area contributed by atoms with Gasteiger partial charge in [-0.1, -0.05) is 19.9 Å². The lowest BCUT2D eigenvalue weighted by Gasteiger charge is -2.35. The first kappa shape index (κ1) is 20.3. The molecule has 0 saturated carbocycles. The molecule has 3 rings (SSSR count). The second kappa shape index (κ2) is 8.71. The number of hydrogen-bond donors (Lipinski definition) is 0. The third-order valence-electron chi connectivity index (χ3n) is 5.47. The Hall–Kier alpha value is -1.44. The summed E-state index contributed by atoms with van der Waals surface area (Å²) in [5.41, 5.74) is 0.464. The molecule has 1 aromatic rings. The summed E-state index contributed by atoms with van der Waals surface area (Å²) in [4.78, 5) is 17.3. The Morgan fingerprint density at radius 3 is 2.33 bits per heavy atom. The zero-order chi connectivity index (χ0) is 19.4. The molecule has 0 unspecified atom stereocenters. The van der Waals surface area contributed by atoms with Crippen LogP contribution in [0, 0.1) is 5.92 Å². The van der Waals surface area contributed by atoms with Crippen LogP contribution in [0.5, 0.6) is 0 Å². The molecule has 1 amide bonds. The lowest BCUT2D eigenvalue weighted by Crippen LogP contribution is -2.49. The summed E-state index contributed by atoms with van der Waals surface area (Å²) in [6.45, 7) is 9.81. The highest BCUT2D eigenvalue weighted by Gasteiger charge is 2.28. The largest absolute Gasteiger partial charge is 0.336 e. The fourth-order valence-corrected chi connectivity index (χ4v) is 5.23. The molecule has 2 heterocycles. The number of hydrogen-bond acceptors (Lipinski definition) is 4. The summed E-state index contributed by atoms with van der Waals surface area (Å²) in [7, 11) is -3.50. The van der Waals surface area contributed by atoms with Gasteiger partial charge in [-0.15, -0.1) is 0 Å². The van der Waals surface area contributed by atoms with E-state index in [4.69, 9.17) is 0 Å². The Labute approximate surface area is 163 Å². The van der Waals surface area contributed by atoms with Gasteiger partial charge in [-0.2, -0.15) is 4.31 Å². The van der Waals surface area contributed by atoms with Crippen molar-refractivity contribution in [2.75, 3.05) is 45.8 Å². The van der Waals surface area contributed by atoms with Gasteiger partial charge in [-0.3, -0.25) is 9.69 Å². The molecule has 0 atom stereocenters. The van der Waals surface area contributed by atoms with Crippen LogP contribution in [0.1, 0.15) is 43.5 Å². The first-order chi connectivity index (χ1) is 12.9. The standard InChI is InChI=1S/C20H31N3O3S/c1-17(2)8-11-21-12-14-22(15-13-21)20(24)18-6-5-7-19(16-18)27(25,26)23-9-3-4-10-23/h5-7,16-17H,3-4,8-15H2,1-2H3. The molecule has 0 spiro atoms. The van der Waals surface area contributed by atoms with E-state index < -0.39 is 10.0 Å². The number of nitrogens with zero attached hydrogens (tertiary/aromatic N) is 3. The van der Waals surface area contributed by atoms with Gasteiger partial charge in [-0.25, -0.2) is 8.42 Å². The normalized spacial score (nSPS) is 19.7. The minimum atomic E-state index is -3.50. The van der Waals surface area contributed by atoms with Gasteiger partial charge in [0.25, 0.3) is 5.91 Å². The molecule has 0 N–H and O–H groups in total. The quantitative estimate of drug-likeness (QED) is 0.744. The van der Waals surface area contributed by atoms with Gasteiger partial charge in [0.2, 0.25) is 10.0 Å². The van der Waals surface area contributed by atoms with Crippen LogP contribution in [0.2, 0.25) is 0 Å². The zero-order valence-corrected chi connectivity index (χ0v) is 17.2. The number of carbonyl (C=O) groups is 1. The van der Waals surface area contributed by atoms with Crippen LogP contribution >= 0.6 is 0 Å². The fraction of sp³-hybridized carbons (Fsp3) is 0.650. The van der Waals surface area contributed by atoms with E-state index in [0.717, 1.165) is 32.5 Å². The second-order valence-electron chi connectivity index (χ2n) is 7.96. The van der Waals surface area contributed by atoms with Crippen molar-refractivity contribution >= 4 is 15.9 Å². The Kier molecular flexibility index (Phi) is 6.55. The number of piperazine rings is 1. The Bertz CT molecular complexity index is 749. The maximum atomic E-state index is 12.9. The van der Waals surface area contributed by atoms with Gasteiger partial charge in [-0.05, 0) is 49.9 Å². The number of sulfonamides is 1. The van der Waals surface area contributed by atoms with Crippen LogP contribution < -0.4 is 0 Å². The maximum absolute atomic E-state index is 12.9. The van der Waals surface area contributed by atoms with Crippen molar-refractivity contribution < 1.29 is 13.2 Å². The summed E-state index contributed by atoms with van der Waals surface area (Å²) in [6, 6.07) is 6.53. The summed E-state index contributed by atoms with van der Waals surface area (Å²) in [5.74, 6) is 0.613. The molecule has 2 aliphatic rings. The van der Waals surface area contributed by atoms with Crippen molar-refractivity contribution in [3.63, 3.8) is 0 Å². The van der Waals surface area contributed by atoms with Crippen LogP contribution in [-0.4, -0.2) is 74.2 Å². The van der Waals surface area contributed by atoms with E-state index in [0.29, 0.717) is 37.7 Å². The van der Waals surface area contributed by atoms with E-state index in [1.54, 1.807) is 24.3 Å². The molecule has 0 radical (unpaired) electrons. The summed E-state index contributed by atoms with van der Waals surface area (Å²) >= 11 is 0. The van der Waals surface area contributed by atoms with E-state index in [-0.39, 0.29) is 10.8 Å².